The van der Waals surface area contributed by atoms with Crippen molar-refractivity contribution in [2.45, 2.75) is 20.8 Å². The molecule has 0 spiro atoms. The van der Waals surface area contributed by atoms with Crippen molar-refractivity contribution in [1.82, 2.24) is 20.2 Å². The number of nitrogen functional groups attached to an aromatic ring is 1. The number of hydrazine groups is 1. The Bertz CT molecular complexity index is 656. The number of aryl methyl sites for hydroxylation is 3. The highest BCUT2D eigenvalue weighted by atomic mass is 16.1. The van der Waals surface area contributed by atoms with Crippen LogP contribution in [0, 0.1) is 20.8 Å². The molecule has 2 heterocycles. The van der Waals surface area contributed by atoms with Crippen LogP contribution in [-0.4, -0.2) is 26.1 Å². The number of nitrogens with zero attached hydrogens (tertiary/aromatic N) is 4. The lowest BCUT2D eigenvalue weighted by atomic mass is 10.2. The van der Waals surface area contributed by atoms with Gasteiger partial charge >= 0.3 is 0 Å². The molecule has 4 N–H and O–H groups in total. The molecule has 0 aliphatic carbocycles. The van der Waals surface area contributed by atoms with Crippen molar-refractivity contribution in [2.24, 2.45) is 5.84 Å². The zero-order chi connectivity index (χ0) is 14.7. The SMILES string of the molecule is Cc1cc(NN)c(C(=O)Nc2nnc(C)c(C)n2)cn1. The van der Waals surface area contributed by atoms with Gasteiger partial charge in [-0.3, -0.25) is 20.9 Å². The average molecular weight is 273 g/mol. The van der Waals surface area contributed by atoms with E-state index in [0.717, 1.165) is 5.69 Å². The second-order valence-electron chi connectivity index (χ2n) is 4.28. The minimum absolute atomic E-state index is 0.140. The summed E-state index contributed by atoms with van der Waals surface area (Å²) < 4.78 is 0. The van der Waals surface area contributed by atoms with Crippen LogP contribution in [0.15, 0.2) is 12.3 Å². The normalized spacial score (nSPS) is 10.2. The van der Waals surface area contributed by atoms with Crippen molar-refractivity contribution >= 4 is 17.5 Å². The van der Waals surface area contributed by atoms with Crippen molar-refractivity contribution in [3.63, 3.8) is 0 Å². The largest absolute Gasteiger partial charge is 0.323 e. The first-order chi connectivity index (χ1) is 9.51. The second kappa shape index (κ2) is 5.57. The van der Waals surface area contributed by atoms with Gasteiger partial charge < -0.3 is 5.43 Å². The van der Waals surface area contributed by atoms with Crippen LogP contribution in [0.2, 0.25) is 0 Å². The molecule has 8 heteroatoms. The Morgan fingerprint density at radius 1 is 1.20 bits per heavy atom. The number of hydrogen-bond donors (Lipinski definition) is 3. The lowest BCUT2D eigenvalue weighted by Gasteiger charge is -2.09. The Labute approximate surface area is 115 Å². The van der Waals surface area contributed by atoms with Crippen LogP contribution in [-0.2, 0) is 0 Å². The van der Waals surface area contributed by atoms with Crippen LogP contribution in [0.1, 0.15) is 27.4 Å². The summed E-state index contributed by atoms with van der Waals surface area (Å²) in [4.78, 5) is 20.3. The lowest BCUT2D eigenvalue weighted by Crippen LogP contribution is -2.19. The van der Waals surface area contributed by atoms with Gasteiger partial charge in [-0.05, 0) is 26.8 Å². The molecule has 0 aliphatic heterocycles. The maximum Gasteiger partial charge on any atom is 0.261 e. The molecular formula is C12H15N7O. The summed E-state index contributed by atoms with van der Waals surface area (Å²) in [6.07, 6.45) is 1.44. The number of amides is 1. The summed E-state index contributed by atoms with van der Waals surface area (Å²) in [5.74, 6) is 5.13. The maximum absolute atomic E-state index is 12.1. The number of anilines is 2. The second-order valence-corrected chi connectivity index (χ2v) is 4.28. The molecule has 20 heavy (non-hydrogen) atoms. The highest BCUT2D eigenvalue weighted by Gasteiger charge is 2.14. The summed E-state index contributed by atoms with van der Waals surface area (Å²) in [7, 11) is 0. The predicted octanol–water partition coefficient (Wildman–Crippen LogP) is 0.730. The van der Waals surface area contributed by atoms with Crippen LogP contribution in [0.5, 0.6) is 0 Å². The van der Waals surface area contributed by atoms with Gasteiger partial charge in [-0.1, -0.05) is 0 Å². The Morgan fingerprint density at radius 2 is 1.95 bits per heavy atom. The molecule has 0 aliphatic rings. The molecule has 2 rings (SSSR count). The van der Waals surface area contributed by atoms with E-state index in [0.29, 0.717) is 22.6 Å². The Hall–Kier alpha value is -2.61. The van der Waals surface area contributed by atoms with Crippen molar-refractivity contribution in [3.8, 4) is 0 Å². The molecule has 0 radical (unpaired) electrons. The van der Waals surface area contributed by atoms with Gasteiger partial charge in [0.05, 0.1) is 22.6 Å². The van der Waals surface area contributed by atoms with E-state index < -0.39 is 5.91 Å². The number of hydrogen-bond acceptors (Lipinski definition) is 7. The number of carbonyl (C=O) groups excluding carboxylic acids is 1. The first-order valence-corrected chi connectivity index (χ1v) is 5.94. The van der Waals surface area contributed by atoms with Gasteiger partial charge in [-0.2, -0.15) is 5.10 Å². The molecule has 0 bridgehead atoms. The quantitative estimate of drug-likeness (QED) is 0.557. The third-order valence-electron chi connectivity index (χ3n) is 2.76. The molecule has 0 atom stereocenters. The van der Waals surface area contributed by atoms with E-state index in [9.17, 15) is 4.79 Å². The van der Waals surface area contributed by atoms with Crippen molar-refractivity contribution in [1.29, 1.82) is 0 Å². The number of aromatic nitrogens is 4. The lowest BCUT2D eigenvalue weighted by molar-refractivity contribution is 0.102. The summed E-state index contributed by atoms with van der Waals surface area (Å²) in [6.45, 7) is 5.39. The molecule has 0 fully saturated rings. The van der Waals surface area contributed by atoms with E-state index in [1.807, 2.05) is 0 Å². The highest BCUT2D eigenvalue weighted by Crippen LogP contribution is 2.15. The van der Waals surface area contributed by atoms with Crippen LogP contribution in [0.3, 0.4) is 0 Å². The fourth-order valence-electron chi connectivity index (χ4n) is 1.54. The standard InChI is InChI=1S/C12H15N7O/c1-6-4-10(17-13)9(5-14-6)11(20)16-12-15-7(2)8(3)18-19-12/h4-5H,13H2,1-3H3,(H,14,17)(H,15,16,19,20). The molecule has 0 aromatic carbocycles. The number of nitrogens with two attached hydrogens (primary N) is 1. The van der Waals surface area contributed by atoms with Gasteiger partial charge in [-0.15, -0.1) is 5.10 Å². The van der Waals surface area contributed by atoms with E-state index in [2.05, 4.69) is 30.9 Å². The van der Waals surface area contributed by atoms with Gasteiger partial charge in [0.15, 0.2) is 0 Å². The van der Waals surface area contributed by atoms with Gasteiger partial charge in [0.25, 0.3) is 5.91 Å². The summed E-state index contributed by atoms with van der Waals surface area (Å²) in [5.41, 5.74) is 5.41. The van der Waals surface area contributed by atoms with Gasteiger partial charge in [0.2, 0.25) is 5.95 Å². The topological polar surface area (TPSA) is 119 Å². The average Bonchev–Trinajstić information content (AvgIpc) is 2.42. The Morgan fingerprint density at radius 3 is 2.60 bits per heavy atom. The number of rotatable bonds is 3. The number of pyridine rings is 1. The number of carbonyl (C=O) groups is 1. The molecule has 0 unspecified atom stereocenters. The first-order valence-electron chi connectivity index (χ1n) is 5.94. The predicted molar refractivity (Wildman–Crippen MR) is 74.0 cm³/mol. The zero-order valence-electron chi connectivity index (χ0n) is 11.4. The Balaban J connectivity index is 2.25. The van der Waals surface area contributed by atoms with Crippen LogP contribution >= 0.6 is 0 Å². The third kappa shape index (κ3) is 2.86. The van der Waals surface area contributed by atoms with Crippen molar-refractivity contribution in [3.05, 3.63) is 34.9 Å². The van der Waals surface area contributed by atoms with Crippen LogP contribution in [0.4, 0.5) is 11.6 Å². The molecule has 104 valence electrons. The molecular weight excluding hydrogens is 258 g/mol. The van der Waals surface area contributed by atoms with Crippen molar-refractivity contribution < 1.29 is 4.79 Å². The smallest absolute Gasteiger partial charge is 0.261 e. The highest BCUT2D eigenvalue weighted by molar-refractivity contribution is 6.07. The molecule has 0 saturated carbocycles. The van der Waals surface area contributed by atoms with E-state index in [-0.39, 0.29) is 5.95 Å². The first kappa shape index (κ1) is 13.8. The van der Waals surface area contributed by atoms with Crippen molar-refractivity contribution in [2.75, 3.05) is 10.7 Å². The molecule has 8 nitrogen and oxygen atoms in total. The Kier molecular flexibility index (Phi) is 3.85. The zero-order valence-corrected chi connectivity index (χ0v) is 11.4. The van der Waals surface area contributed by atoms with Crippen LogP contribution < -0.4 is 16.6 Å². The van der Waals surface area contributed by atoms with Gasteiger partial charge in [0, 0.05) is 11.9 Å². The fourth-order valence-corrected chi connectivity index (χ4v) is 1.54. The van der Waals surface area contributed by atoms with Crippen LogP contribution in [0.25, 0.3) is 0 Å². The minimum Gasteiger partial charge on any atom is -0.323 e. The summed E-state index contributed by atoms with van der Waals surface area (Å²) in [5, 5.41) is 10.3. The molecule has 2 aromatic heterocycles. The monoisotopic (exact) mass is 273 g/mol. The summed E-state index contributed by atoms with van der Waals surface area (Å²) in [6, 6.07) is 1.68. The van der Waals surface area contributed by atoms with E-state index in [1.54, 1.807) is 26.8 Å². The summed E-state index contributed by atoms with van der Waals surface area (Å²) >= 11 is 0. The molecule has 1 amide bonds. The minimum atomic E-state index is -0.407. The molecule has 2 aromatic rings. The molecule has 0 saturated heterocycles. The van der Waals surface area contributed by atoms with E-state index in [1.165, 1.54) is 6.20 Å². The fraction of sp³-hybridized carbons (Fsp3) is 0.250. The van der Waals surface area contributed by atoms with Gasteiger partial charge in [0.1, 0.15) is 0 Å². The third-order valence-corrected chi connectivity index (χ3v) is 2.76. The van der Waals surface area contributed by atoms with E-state index >= 15 is 0 Å². The van der Waals surface area contributed by atoms with E-state index in [4.69, 9.17) is 5.84 Å². The number of nitrogens with one attached hydrogen (secondary N) is 2. The van der Waals surface area contributed by atoms with Gasteiger partial charge in [-0.25, -0.2) is 4.98 Å². The maximum atomic E-state index is 12.1.